The summed E-state index contributed by atoms with van der Waals surface area (Å²) in [5, 5.41) is 0.552. The molecule has 0 amide bonds. The van der Waals surface area contributed by atoms with Crippen LogP contribution in [0.4, 0.5) is 0 Å². The fourth-order valence-corrected chi connectivity index (χ4v) is 3.20. The monoisotopic (exact) mass is 383 g/mol. The Morgan fingerprint density at radius 2 is 1.41 bits per heavy atom. The molecule has 29 heavy (non-hydrogen) atoms. The van der Waals surface area contributed by atoms with Crippen LogP contribution >= 0.6 is 0 Å². The van der Waals surface area contributed by atoms with Crippen LogP contribution in [0, 0.1) is 0 Å². The Kier molecular flexibility index (Phi) is 5.03. The zero-order valence-electron chi connectivity index (χ0n) is 15.4. The van der Waals surface area contributed by atoms with Crippen molar-refractivity contribution in [3.63, 3.8) is 0 Å². The molecule has 3 aromatic carbocycles. The van der Waals surface area contributed by atoms with Gasteiger partial charge in [0.1, 0.15) is 0 Å². The Morgan fingerprint density at radius 1 is 0.793 bits per heavy atom. The van der Waals surface area contributed by atoms with Crippen molar-refractivity contribution in [2.24, 2.45) is 0 Å². The average Bonchev–Trinajstić information content (AvgIpc) is 2.77. The number of hydrogen-bond donors (Lipinski definition) is 1. The maximum absolute atomic E-state index is 13.1. The molecular formula is C24H17NO4. The summed E-state index contributed by atoms with van der Waals surface area (Å²) in [6, 6.07) is 25.6. The fraction of sp³-hybridized carbons (Fsp3) is 0.0417. The summed E-state index contributed by atoms with van der Waals surface area (Å²) in [5.41, 5.74) is 1.22. The number of nitrogens with one attached hydrogen (secondary N) is 1. The molecule has 5 nitrogen and oxygen atoms in total. The number of aromatic nitrogens is 1. The minimum Gasteiger partial charge on any atom is -0.445 e. The molecule has 4 aromatic rings. The van der Waals surface area contributed by atoms with Crippen LogP contribution in [0.25, 0.3) is 10.9 Å². The molecule has 0 aliphatic carbocycles. The number of para-hydroxylation sites is 1. The highest BCUT2D eigenvalue weighted by atomic mass is 16.5. The standard InChI is InChI=1S/C24H17NO4/c26-21-15-19(18-13-7-8-14-20(18)25-21)24(28)29-23(17-11-5-2-6-12-17)22(27)16-9-3-1-4-10-16/h1-15,23H,(H,25,26). The molecule has 1 heterocycles. The number of fused-ring (bicyclic) bond motifs is 1. The summed E-state index contributed by atoms with van der Waals surface area (Å²) >= 11 is 0. The van der Waals surface area contributed by atoms with Crippen molar-refractivity contribution in [2.75, 3.05) is 0 Å². The Labute approximate surface area is 166 Å². The van der Waals surface area contributed by atoms with Crippen molar-refractivity contribution in [3.8, 4) is 0 Å². The largest absolute Gasteiger partial charge is 0.445 e. The van der Waals surface area contributed by atoms with Crippen LogP contribution in [0.5, 0.6) is 0 Å². The van der Waals surface area contributed by atoms with E-state index in [2.05, 4.69) is 4.98 Å². The summed E-state index contributed by atoms with van der Waals surface area (Å²) in [6.45, 7) is 0. The molecule has 0 saturated carbocycles. The highest BCUT2D eigenvalue weighted by molar-refractivity contribution is 6.06. The molecular weight excluding hydrogens is 366 g/mol. The van der Waals surface area contributed by atoms with Crippen molar-refractivity contribution >= 4 is 22.7 Å². The van der Waals surface area contributed by atoms with Gasteiger partial charge in [-0.3, -0.25) is 9.59 Å². The van der Waals surface area contributed by atoms with E-state index in [1.165, 1.54) is 6.07 Å². The topological polar surface area (TPSA) is 76.2 Å². The second kappa shape index (κ2) is 7.94. The maximum atomic E-state index is 13.1. The van der Waals surface area contributed by atoms with Gasteiger partial charge in [0.25, 0.3) is 0 Å². The third-order valence-corrected chi connectivity index (χ3v) is 4.59. The first-order chi connectivity index (χ1) is 14.1. The van der Waals surface area contributed by atoms with Crippen molar-refractivity contribution in [2.45, 2.75) is 6.10 Å². The summed E-state index contributed by atoms with van der Waals surface area (Å²) in [6.07, 6.45) is -1.12. The van der Waals surface area contributed by atoms with Gasteiger partial charge in [-0.1, -0.05) is 78.9 Å². The molecule has 4 rings (SSSR count). The number of aromatic amines is 1. The summed E-state index contributed by atoms with van der Waals surface area (Å²) in [4.78, 5) is 40.8. The molecule has 0 aliphatic rings. The van der Waals surface area contributed by atoms with Gasteiger partial charge in [-0.05, 0) is 6.07 Å². The number of carbonyl (C=O) groups excluding carboxylic acids is 2. The van der Waals surface area contributed by atoms with E-state index in [4.69, 9.17) is 4.74 Å². The van der Waals surface area contributed by atoms with Gasteiger partial charge in [0.15, 0.2) is 6.10 Å². The third kappa shape index (κ3) is 3.84. The van der Waals surface area contributed by atoms with Crippen molar-refractivity contribution in [3.05, 3.63) is 118 Å². The summed E-state index contributed by atoms with van der Waals surface area (Å²) in [5.74, 6) is -1.07. The number of Topliss-reactive ketones (excluding diaryl/α,β-unsaturated/α-hetero) is 1. The molecule has 1 aromatic heterocycles. The van der Waals surface area contributed by atoms with E-state index in [1.54, 1.807) is 72.8 Å². The lowest BCUT2D eigenvalue weighted by Gasteiger charge is -2.18. The van der Waals surface area contributed by atoms with Gasteiger partial charge in [-0.2, -0.15) is 0 Å². The van der Waals surface area contributed by atoms with E-state index in [1.807, 2.05) is 12.1 Å². The Balaban J connectivity index is 1.75. The number of pyridine rings is 1. The van der Waals surface area contributed by atoms with Gasteiger partial charge in [-0.25, -0.2) is 4.79 Å². The highest BCUT2D eigenvalue weighted by Crippen LogP contribution is 2.25. The van der Waals surface area contributed by atoms with Crippen molar-refractivity contribution < 1.29 is 14.3 Å². The zero-order chi connectivity index (χ0) is 20.2. The predicted molar refractivity (Wildman–Crippen MR) is 110 cm³/mol. The normalized spacial score (nSPS) is 11.7. The molecule has 1 atom stereocenters. The van der Waals surface area contributed by atoms with Crippen molar-refractivity contribution in [1.29, 1.82) is 0 Å². The fourth-order valence-electron chi connectivity index (χ4n) is 3.20. The first-order valence-electron chi connectivity index (χ1n) is 9.11. The summed E-state index contributed by atoms with van der Waals surface area (Å²) in [7, 11) is 0. The van der Waals surface area contributed by atoms with Crippen LogP contribution in [-0.4, -0.2) is 16.7 Å². The van der Waals surface area contributed by atoms with E-state index >= 15 is 0 Å². The molecule has 142 valence electrons. The summed E-state index contributed by atoms with van der Waals surface area (Å²) < 4.78 is 5.66. The van der Waals surface area contributed by atoms with Crippen LogP contribution in [0.3, 0.4) is 0 Å². The lowest BCUT2D eigenvalue weighted by Crippen LogP contribution is -2.21. The number of esters is 1. The van der Waals surface area contributed by atoms with E-state index in [0.29, 0.717) is 22.0 Å². The van der Waals surface area contributed by atoms with Crippen LogP contribution in [0.1, 0.15) is 32.4 Å². The molecule has 0 aliphatic heterocycles. The minimum atomic E-state index is -1.12. The van der Waals surface area contributed by atoms with Crippen LogP contribution in [0.15, 0.2) is 95.8 Å². The van der Waals surface area contributed by atoms with Gasteiger partial charge in [-0.15, -0.1) is 0 Å². The Morgan fingerprint density at radius 3 is 2.14 bits per heavy atom. The van der Waals surface area contributed by atoms with Crippen LogP contribution in [0.2, 0.25) is 0 Å². The lowest BCUT2D eigenvalue weighted by atomic mass is 9.99. The quantitative estimate of drug-likeness (QED) is 0.412. The maximum Gasteiger partial charge on any atom is 0.340 e. The average molecular weight is 383 g/mol. The van der Waals surface area contributed by atoms with Crippen LogP contribution < -0.4 is 5.56 Å². The number of benzene rings is 3. The van der Waals surface area contributed by atoms with E-state index in [-0.39, 0.29) is 11.3 Å². The lowest BCUT2D eigenvalue weighted by molar-refractivity contribution is 0.0282. The molecule has 0 radical (unpaired) electrons. The van der Waals surface area contributed by atoms with E-state index in [9.17, 15) is 14.4 Å². The van der Waals surface area contributed by atoms with E-state index in [0.717, 1.165) is 0 Å². The number of H-pyrrole nitrogens is 1. The highest BCUT2D eigenvalue weighted by Gasteiger charge is 2.27. The number of ether oxygens (including phenoxy) is 1. The number of carbonyl (C=O) groups is 2. The molecule has 1 N–H and O–H groups in total. The van der Waals surface area contributed by atoms with Crippen molar-refractivity contribution in [1.82, 2.24) is 4.98 Å². The van der Waals surface area contributed by atoms with E-state index < -0.39 is 17.6 Å². The smallest absolute Gasteiger partial charge is 0.340 e. The molecule has 0 fully saturated rings. The Hall–Kier alpha value is -3.99. The second-order valence-electron chi connectivity index (χ2n) is 6.52. The van der Waals surface area contributed by atoms with Gasteiger partial charge in [0.05, 0.1) is 5.56 Å². The first kappa shape index (κ1) is 18.4. The molecule has 0 spiro atoms. The Bertz CT molecular complexity index is 1230. The number of ketones is 1. The van der Waals surface area contributed by atoms with Gasteiger partial charge >= 0.3 is 5.97 Å². The number of rotatable bonds is 5. The zero-order valence-corrected chi connectivity index (χ0v) is 15.4. The van der Waals surface area contributed by atoms with Gasteiger partial charge in [0, 0.05) is 28.1 Å². The van der Waals surface area contributed by atoms with Gasteiger partial charge < -0.3 is 9.72 Å². The molecule has 1 unspecified atom stereocenters. The third-order valence-electron chi connectivity index (χ3n) is 4.59. The molecule has 0 bridgehead atoms. The predicted octanol–water partition coefficient (Wildman–Crippen LogP) is 4.31. The SMILES string of the molecule is O=C(OC(C(=O)c1ccccc1)c1ccccc1)c1cc(=O)[nH]c2ccccc12. The van der Waals surface area contributed by atoms with Crippen LogP contribution in [-0.2, 0) is 4.74 Å². The second-order valence-corrected chi connectivity index (χ2v) is 6.52. The number of hydrogen-bond acceptors (Lipinski definition) is 4. The molecule has 5 heteroatoms. The first-order valence-corrected chi connectivity index (χ1v) is 9.11. The molecule has 0 saturated heterocycles. The van der Waals surface area contributed by atoms with Gasteiger partial charge in [0.2, 0.25) is 11.3 Å². The minimum absolute atomic E-state index is 0.117.